The molecule has 0 radical (unpaired) electrons. The third-order valence-electron chi connectivity index (χ3n) is 5.52. The van der Waals surface area contributed by atoms with Crippen molar-refractivity contribution in [3.63, 3.8) is 0 Å². The van der Waals surface area contributed by atoms with Gasteiger partial charge in [-0.05, 0) is 6.07 Å². The van der Waals surface area contributed by atoms with E-state index in [0.29, 0.717) is 17.9 Å². The molecule has 0 aliphatic carbocycles. The second-order valence-corrected chi connectivity index (χ2v) is 9.48. The smallest absolute Gasteiger partial charge is 0.352 e. The van der Waals surface area contributed by atoms with Gasteiger partial charge < -0.3 is 21.0 Å². The number of thioether (sulfide) groups is 1. The van der Waals surface area contributed by atoms with E-state index in [4.69, 9.17) is 10.6 Å². The molecule has 1 saturated heterocycles. The molecule has 3 aromatic heterocycles. The minimum Gasteiger partial charge on any atom is -0.477 e. The molecule has 2 aliphatic rings. The Morgan fingerprint density at radius 3 is 2.94 bits per heavy atom. The summed E-state index contributed by atoms with van der Waals surface area (Å²) in [5.41, 5.74) is 6.77. The number of carbonyl (C=O) groups is 3. The van der Waals surface area contributed by atoms with Gasteiger partial charge in [-0.25, -0.2) is 13.8 Å². The van der Waals surface area contributed by atoms with E-state index in [0.717, 1.165) is 17.2 Å². The second kappa shape index (κ2) is 8.99. The van der Waals surface area contributed by atoms with Gasteiger partial charge in [0.25, 0.3) is 17.5 Å². The number of nitrogens with two attached hydrogens (primary N) is 1. The first kappa shape index (κ1) is 22.8. The first-order valence-corrected chi connectivity index (χ1v) is 12.1. The van der Waals surface area contributed by atoms with Crippen molar-refractivity contribution in [2.45, 2.75) is 18.0 Å². The third kappa shape index (κ3) is 3.97. The van der Waals surface area contributed by atoms with Gasteiger partial charge in [0.1, 0.15) is 43.2 Å². The monoisotopic (exact) mass is 515 g/mol. The van der Waals surface area contributed by atoms with Crippen molar-refractivity contribution in [3.8, 4) is 0 Å². The molecular weight excluding hydrogens is 496 g/mol. The number of aliphatic carboxylic acids is 1. The highest BCUT2D eigenvalue weighted by Crippen LogP contribution is 2.40. The van der Waals surface area contributed by atoms with Crippen LogP contribution in [0, 0.1) is 0 Å². The highest BCUT2D eigenvalue weighted by molar-refractivity contribution is 8.00. The van der Waals surface area contributed by atoms with Crippen LogP contribution in [0.1, 0.15) is 5.82 Å². The van der Waals surface area contributed by atoms with E-state index in [-0.39, 0.29) is 22.4 Å². The topological polar surface area (TPSA) is 168 Å². The maximum Gasteiger partial charge on any atom is 0.352 e. The van der Waals surface area contributed by atoms with Crippen LogP contribution in [0.15, 0.2) is 53.2 Å². The normalized spacial score (nSPS) is 20.0. The van der Waals surface area contributed by atoms with Crippen molar-refractivity contribution < 1.29 is 28.9 Å². The van der Waals surface area contributed by atoms with E-state index in [1.807, 2.05) is 45.8 Å². The minimum absolute atomic E-state index is 0.0306. The van der Waals surface area contributed by atoms with Gasteiger partial charge in [-0.15, -0.1) is 11.8 Å². The summed E-state index contributed by atoms with van der Waals surface area (Å²) < 4.78 is 7.79. The number of anilines is 1. The Bertz CT molecular complexity index is 1410. The first-order valence-electron chi connectivity index (χ1n) is 10.3. The Kier molecular flexibility index (Phi) is 5.86. The number of hydrogen-bond donors (Lipinski definition) is 3. The Morgan fingerprint density at radius 2 is 2.23 bits per heavy atom. The molecule has 5 heterocycles. The molecule has 15 heteroatoms. The van der Waals surface area contributed by atoms with Crippen molar-refractivity contribution in [1.82, 2.24) is 24.0 Å². The number of hydrogen-bond acceptors (Lipinski definition) is 10. The quantitative estimate of drug-likeness (QED) is 0.162. The van der Waals surface area contributed by atoms with Crippen LogP contribution in [0.3, 0.4) is 0 Å². The number of fused-ring (bicyclic) bond motifs is 2. The predicted octanol–water partition coefficient (Wildman–Crippen LogP) is -0.550. The number of nitrogens with one attached hydrogen (secondary N) is 1. The fourth-order valence-corrected chi connectivity index (χ4v) is 5.78. The number of oxime groups is 1. The number of carboxylic acid groups (broad SMARTS) is 1. The number of carbonyl (C=O) groups excluding carboxylic acids is 2. The largest absolute Gasteiger partial charge is 0.477 e. The number of rotatable bonds is 7. The standard InChI is InChI=1S/C20H18N8O5S2/c1-33-24-12(15-23-20(21)35-25-15)16(29)22-13-17(30)28-14(19(31)32)10(9-34-18(13)28)8-27-7-6-26-5-3-2-4-11(26)27/h2-7,13,18H,8-9H2,1H3,(H3-,21,22,23,25,29,31,32)/p+1/b24-12-/t13-,18+/m1/s1. The Labute approximate surface area is 206 Å². The lowest BCUT2D eigenvalue weighted by Gasteiger charge is -2.49. The summed E-state index contributed by atoms with van der Waals surface area (Å²) in [7, 11) is 1.26. The van der Waals surface area contributed by atoms with Gasteiger partial charge in [-0.1, -0.05) is 11.2 Å². The molecule has 0 aromatic carbocycles. The molecule has 2 amide bonds. The third-order valence-corrected chi connectivity index (χ3v) is 7.40. The molecule has 0 saturated carbocycles. The van der Waals surface area contributed by atoms with Gasteiger partial charge in [0.15, 0.2) is 5.13 Å². The molecule has 0 bridgehead atoms. The molecule has 13 nitrogen and oxygen atoms in total. The molecule has 5 rings (SSSR count). The van der Waals surface area contributed by atoms with Crippen LogP contribution in [0.2, 0.25) is 0 Å². The van der Waals surface area contributed by atoms with E-state index in [1.54, 1.807) is 0 Å². The maximum absolute atomic E-state index is 13.0. The highest BCUT2D eigenvalue weighted by atomic mass is 32.2. The SMILES string of the molecule is CO/N=C(\C(=O)N[C@@H]1C(=O)N2C(C(=O)O)=C(C[n+]3ccn4ccccc43)CS[C@@H]12)c1nsc(N)n1. The molecule has 180 valence electrons. The average molecular weight is 516 g/mol. The van der Waals surface area contributed by atoms with E-state index < -0.39 is 29.2 Å². The molecule has 0 spiro atoms. The summed E-state index contributed by atoms with van der Waals surface area (Å²) in [6.07, 6.45) is 5.63. The van der Waals surface area contributed by atoms with Crippen molar-refractivity contribution >= 4 is 57.6 Å². The van der Waals surface area contributed by atoms with Crippen molar-refractivity contribution in [2.75, 3.05) is 18.6 Å². The summed E-state index contributed by atoms with van der Waals surface area (Å²) in [5, 5.41) is 15.8. The maximum atomic E-state index is 13.0. The fraction of sp³-hybridized carbons (Fsp3) is 0.250. The molecule has 1 fully saturated rings. The molecule has 4 N–H and O–H groups in total. The summed E-state index contributed by atoms with van der Waals surface area (Å²) >= 11 is 2.26. The lowest BCUT2D eigenvalue weighted by molar-refractivity contribution is -0.662. The van der Waals surface area contributed by atoms with E-state index in [1.165, 1.54) is 23.8 Å². The number of carboxylic acids is 1. The molecular formula is C20H19N8O5S2+. The van der Waals surface area contributed by atoms with Gasteiger partial charge in [0.05, 0.1) is 6.20 Å². The van der Waals surface area contributed by atoms with Crippen LogP contribution < -0.4 is 15.6 Å². The Balaban J connectivity index is 1.37. The van der Waals surface area contributed by atoms with Crippen molar-refractivity contribution in [1.29, 1.82) is 0 Å². The lowest BCUT2D eigenvalue weighted by atomic mass is 10.0. The zero-order valence-corrected chi connectivity index (χ0v) is 19.8. The van der Waals surface area contributed by atoms with Crippen molar-refractivity contribution in [3.05, 3.63) is 53.9 Å². The number of aromatic nitrogens is 4. The van der Waals surface area contributed by atoms with Crippen LogP contribution in [0.25, 0.3) is 5.65 Å². The van der Waals surface area contributed by atoms with Gasteiger partial charge in [0.2, 0.25) is 11.5 Å². The van der Waals surface area contributed by atoms with Gasteiger partial charge in [-0.3, -0.25) is 14.5 Å². The van der Waals surface area contributed by atoms with Crippen molar-refractivity contribution in [2.24, 2.45) is 5.16 Å². The van der Waals surface area contributed by atoms with Crippen LogP contribution >= 0.6 is 23.3 Å². The zero-order chi connectivity index (χ0) is 24.7. The molecule has 35 heavy (non-hydrogen) atoms. The molecule has 2 atom stereocenters. The zero-order valence-electron chi connectivity index (χ0n) is 18.2. The second-order valence-electron chi connectivity index (χ2n) is 7.59. The molecule has 3 aromatic rings. The summed E-state index contributed by atoms with van der Waals surface area (Å²) in [4.78, 5) is 47.9. The molecule has 0 unspecified atom stereocenters. The minimum atomic E-state index is -1.20. The summed E-state index contributed by atoms with van der Waals surface area (Å²) in [5.74, 6) is -2.11. The van der Waals surface area contributed by atoms with Gasteiger partial charge in [0, 0.05) is 28.9 Å². The predicted molar refractivity (Wildman–Crippen MR) is 125 cm³/mol. The van der Waals surface area contributed by atoms with Gasteiger partial charge in [-0.2, -0.15) is 9.36 Å². The lowest BCUT2D eigenvalue weighted by Crippen LogP contribution is -2.71. The van der Waals surface area contributed by atoms with Crippen LogP contribution in [-0.2, 0) is 25.8 Å². The van der Waals surface area contributed by atoms with E-state index in [9.17, 15) is 19.5 Å². The van der Waals surface area contributed by atoms with Gasteiger partial charge >= 0.3 is 5.97 Å². The number of nitrogen functional groups attached to an aromatic ring is 1. The number of nitrogens with zero attached hydrogens (tertiary/aromatic N) is 6. The number of β-lactam (4-membered cyclic amide) rings is 1. The summed E-state index contributed by atoms with van der Waals surface area (Å²) in [6.45, 7) is 0.310. The van der Waals surface area contributed by atoms with Crippen LogP contribution in [0.4, 0.5) is 5.13 Å². The molecule has 2 aliphatic heterocycles. The number of amides is 2. The van der Waals surface area contributed by atoms with E-state index >= 15 is 0 Å². The highest BCUT2D eigenvalue weighted by Gasteiger charge is 2.54. The number of imidazole rings is 1. The Hall–Kier alpha value is -3.98. The average Bonchev–Trinajstić information content (AvgIpc) is 3.46. The van der Waals surface area contributed by atoms with E-state index in [2.05, 4.69) is 19.8 Å². The number of pyridine rings is 1. The Morgan fingerprint density at radius 1 is 1.40 bits per heavy atom. The first-order chi connectivity index (χ1) is 16.9. The fourth-order valence-electron chi connectivity index (χ4n) is 4.01. The summed E-state index contributed by atoms with van der Waals surface area (Å²) in [6, 6.07) is 4.77. The van der Waals surface area contributed by atoms with Crippen LogP contribution in [-0.4, -0.2) is 71.5 Å². The van der Waals surface area contributed by atoms with Crippen LogP contribution in [0.5, 0.6) is 0 Å².